The number of likely N-dealkylation sites (tertiary alicyclic amines) is 1. The molecule has 0 amide bonds. The van der Waals surface area contributed by atoms with Gasteiger partial charge in [0.1, 0.15) is 5.84 Å². The zero-order chi connectivity index (χ0) is 12.5. The summed E-state index contributed by atoms with van der Waals surface area (Å²) in [4.78, 5) is 2.39. The predicted octanol–water partition coefficient (Wildman–Crippen LogP) is 1.14. The molecule has 0 aliphatic carbocycles. The minimum Gasteiger partial charge on any atom is -0.409 e. The van der Waals surface area contributed by atoms with Gasteiger partial charge in [-0.2, -0.15) is 0 Å². The monoisotopic (exact) mass is 243 g/mol. The lowest BCUT2D eigenvalue weighted by Crippen LogP contribution is -2.38. The van der Waals surface area contributed by atoms with Gasteiger partial charge < -0.3 is 16.0 Å². The first kappa shape index (κ1) is 14.3. The third-order valence-corrected chi connectivity index (χ3v) is 3.47. The fraction of sp³-hybridized carbons (Fsp3) is 0.917. The van der Waals surface area contributed by atoms with Crippen LogP contribution in [0.4, 0.5) is 0 Å². The van der Waals surface area contributed by atoms with Crippen LogP contribution in [0.1, 0.15) is 44.9 Å². The number of rotatable bonds is 6. The molecule has 4 N–H and O–H groups in total. The van der Waals surface area contributed by atoms with Crippen LogP contribution in [0.25, 0.3) is 0 Å². The van der Waals surface area contributed by atoms with Gasteiger partial charge in [0.2, 0.25) is 0 Å². The minimum absolute atomic E-state index is 0.264. The lowest BCUT2D eigenvalue weighted by Gasteiger charge is -2.28. The van der Waals surface area contributed by atoms with E-state index in [1.807, 2.05) is 0 Å². The van der Waals surface area contributed by atoms with Gasteiger partial charge in [0, 0.05) is 12.5 Å². The molecule has 17 heavy (non-hydrogen) atoms. The van der Waals surface area contributed by atoms with Crippen molar-refractivity contribution in [2.45, 2.75) is 51.0 Å². The van der Waals surface area contributed by atoms with E-state index in [4.69, 9.17) is 10.9 Å². The molecule has 1 rings (SSSR count). The Kier molecular flexibility index (Phi) is 6.96. The van der Waals surface area contributed by atoms with Crippen LogP contribution in [-0.4, -0.2) is 46.8 Å². The first-order valence-electron chi connectivity index (χ1n) is 6.59. The zero-order valence-electron chi connectivity index (χ0n) is 10.5. The van der Waals surface area contributed by atoms with E-state index in [0.29, 0.717) is 18.3 Å². The summed E-state index contributed by atoms with van der Waals surface area (Å²) in [6, 6.07) is 0.335. The quantitative estimate of drug-likeness (QED) is 0.215. The Balaban J connectivity index is 2.23. The molecule has 1 saturated heterocycles. The number of hydrogen-bond acceptors (Lipinski definition) is 4. The van der Waals surface area contributed by atoms with Gasteiger partial charge >= 0.3 is 0 Å². The maximum absolute atomic E-state index is 9.36. The Bertz CT molecular complexity index is 234. The van der Waals surface area contributed by atoms with Crippen molar-refractivity contribution in [2.75, 3.05) is 19.7 Å². The van der Waals surface area contributed by atoms with Crippen LogP contribution < -0.4 is 5.73 Å². The lowest BCUT2D eigenvalue weighted by molar-refractivity contribution is 0.123. The van der Waals surface area contributed by atoms with E-state index in [0.717, 1.165) is 32.4 Å². The number of nitrogens with zero attached hydrogens (tertiary/aromatic N) is 2. The molecule has 100 valence electrons. The molecule has 0 radical (unpaired) electrons. The normalized spacial score (nSPS) is 23.6. The van der Waals surface area contributed by atoms with Crippen LogP contribution in [0, 0.1) is 0 Å². The average molecular weight is 243 g/mol. The van der Waals surface area contributed by atoms with Crippen LogP contribution in [0.5, 0.6) is 0 Å². The van der Waals surface area contributed by atoms with Crippen LogP contribution in [0.2, 0.25) is 0 Å². The smallest absolute Gasteiger partial charge is 0.139 e. The molecule has 0 aromatic heterocycles. The number of hydrogen-bond donors (Lipinski definition) is 3. The van der Waals surface area contributed by atoms with Crippen molar-refractivity contribution in [2.24, 2.45) is 10.9 Å². The highest BCUT2D eigenvalue weighted by Crippen LogP contribution is 2.17. The van der Waals surface area contributed by atoms with E-state index >= 15 is 0 Å². The largest absolute Gasteiger partial charge is 0.409 e. The molecule has 0 aromatic rings. The van der Waals surface area contributed by atoms with E-state index in [-0.39, 0.29) is 6.61 Å². The number of aliphatic hydroxyl groups excluding tert-OH is 1. The highest BCUT2D eigenvalue weighted by molar-refractivity contribution is 5.79. The molecule has 1 aliphatic heterocycles. The van der Waals surface area contributed by atoms with Gasteiger partial charge in [-0.3, -0.25) is 4.90 Å². The number of aliphatic hydroxyl groups is 1. The third-order valence-electron chi connectivity index (χ3n) is 3.47. The molecule has 0 spiro atoms. The molecule has 5 nitrogen and oxygen atoms in total. The number of amidine groups is 1. The summed E-state index contributed by atoms with van der Waals surface area (Å²) < 4.78 is 0. The molecule has 1 atom stereocenters. The van der Waals surface area contributed by atoms with Gasteiger partial charge in [-0.25, -0.2) is 0 Å². The van der Waals surface area contributed by atoms with Gasteiger partial charge in [-0.1, -0.05) is 18.0 Å². The number of nitrogens with two attached hydrogens (primary N) is 1. The second-order valence-corrected chi connectivity index (χ2v) is 4.77. The number of oxime groups is 1. The Morgan fingerprint density at radius 1 is 1.29 bits per heavy atom. The molecule has 0 aromatic carbocycles. The van der Waals surface area contributed by atoms with Gasteiger partial charge in [0.15, 0.2) is 0 Å². The van der Waals surface area contributed by atoms with Gasteiger partial charge in [0.05, 0.1) is 6.61 Å². The van der Waals surface area contributed by atoms with E-state index in [9.17, 15) is 5.11 Å². The SMILES string of the molecule is NC(CCCCN1CCCCCC1CO)=NO. The highest BCUT2D eigenvalue weighted by atomic mass is 16.4. The molecule has 5 heteroatoms. The van der Waals surface area contributed by atoms with Crippen LogP contribution >= 0.6 is 0 Å². The maximum Gasteiger partial charge on any atom is 0.139 e. The molecule has 1 fully saturated rings. The van der Waals surface area contributed by atoms with E-state index in [2.05, 4.69) is 10.1 Å². The van der Waals surface area contributed by atoms with Crippen LogP contribution in [-0.2, 0) is 0 Å². The van der Waals surface area contributed by atoms with Crippen molar-refractivity contribution in [3.05, 3.63) is 0 Å². The summed E-state index contributed by atoms with van der Waals surface area (Å²) in [5.74, 6) is 0.305. The Morgan fingerprint density at radius 2 is 2.12 bits per heavy atom. The zero-order valence-corrected chi connectivity index (χ0v) is 10.5. The Hall–Kier alpha value is -0.810. The second-order valence-electron chi connectivity index (χ2n) is 4.77. The minimum atomic E-state index is 0.264. The lowest BCUT2D eigenvalue weighted by atomic mass is 10.1. The summed E-state index contributed by atoms with van der Waals surface area (Å²) in [5, 5.41) is 20.7. The van der Waals surface area contributed by atoms with Crippen molar-refractivity contribution in [1.29, 1.82) is 0 Å². The average Bonchev–Trinajstić information content (AvgIpc) is 2.59. The molecular weight excluding hydrogens is 218 g/mol. The van der Waals surface area contributed by atoms with E-state index in [1.165, 1.54) is 19.3 Å². The first-order valence-corrected chi connectivity index (χ1v) is 6.59. The van der Waals surface area contributed by atoms with Crippen LogP contribution in [0.15, 0.2) is 5.16 Å². The topological polar surface area (TPSA) is 82.1 Å². The van der Waals surface area contributed by atoms with Gasteiger partial charge in [0.25, 0.3) is 0 Å². The second kappa shape index (κ2) is 8.31. The van der Waals surface area contributed by atoms with Gasteiger partial charge in [-0.05, 0) is 38.8 Å². The van der Waals surface area contributed by atoms with E-state index in [1.54, 1.807) is 0 Å². The number of unbranched alkanes of at least 4 members (excludes halogenated alkanes) is 1. The summed E-state index contributed by atoms with van der Waals surface area (Å²) in [5.41, 5.74) is 5.42. The van der Waals surface area contributed by atoms with Crippen molar-refractivity contribution in [3.63, 3.8) is 0 Å². The van der Waals surface area contributed by atoms with Crippen molar-refractivity contribution in [3.8, 4) is 0 Å². The summed E-state index contributed by atoms with van der Waals surface area (Å²) in [6.45, 7) is 2.36. The fourth-order valence-electron chi connectivity index (χ4n) is 2.41. The molecule has 0 bridgehead atoms. The van der Waals surface area contributed by atoms with Crippen molar-refractivity contribution in [1.82, 2.24) is 4.90 Å². The Morgan fingerprint density at radius 3 is 2.82 bits per heavy atom. The maximum atomic E-state index is 9.36. The molecule has 1 heterocycles. The predicted molar refractivity (Wildman–Crippen MR) is 68.2 cm³/mol. The summed E-state index contributed by atoms with van der Waals surface area (Å²) in [7, 11) is 0. The van der Waals surface area contributed by atoms with E-state index < -0.39 is 0 Å². The van der Waals surface area contributed by atoms with Gasteiger partial charge in [-0.15, -0.1) is 0 Å². The summed E-state index contributed by atoms with van der Waals surface area (Å²) >= 11 is 0. The third kappa shape index (κ3) is 5.37. The molecule has 0 saturated carbocycles. The van der Waals surface area contributed by atoms with Crippen LogP contribution in [0.3, 0.4) is 0 Å². The Labute approximate surface area is 103 Å². The standard InChI is InChI=1S/C12H25N3O2/c13-12(14-17)7-3-5-9-15-8-4-1-2-6-11(15)10-16/h11,16-17H,1-10H2,(H2,13,14). The van der Waals surface area contributed by atoms with Crippen molar-refractivity contribution < 1.29 is 10.3 Å². The summed E-state index contributed by atoms with van der Waals surface area (Å²) in [6.07, 6.45) is 7.46. The molecule has 1 aliphatic rings. The molecular formula is C12H25N3O2. The fourth-order valence-corrected chi connectivity index (χ4v) is 2.41. The highest BCUT2D eigenvalue weighted by Gasteiger charge is 2.19. The first-order chi connectivity index (χ1) is 8.27. The van der Waals surface area contributed by atoms with Crippen molar-refractivity contribution >= 4 is 5.84 Å². The molecule has 1 unspecified atom stereocenters.